The monoisotopic (exact) mass is 381 g/mol. The molecule has 9 heteroatoms. The molecule has 0 saturated carbocycles. The van der Waals surface area contributed by atoms with Gasteiger partial charge in [0.15, 0.2) is 5.82 Å². The first-order chi connectivity index (χ1) is 13.1. The molecule has 0 unspecified atom stereocenters. The van der Waals surface area contributed by atoms with Crippen LogP contribution in [0.15, 0.2) is 55.0 Å². The molecule has 8 nitrogen and oxygen atoms in total. The first kappa shape index (κ1) is 17.2. The van der Waals surface area contributed by atoms with Gasteiger partial charge in [0.05, 0.1) is 11.9 Å². The number of halogens is 1. The Balaban J connectivity index is 1.53. The van der Waals surface area contributed by atoms with Gasteiger partial charge in [0.25, 0.3) is 0 Å². The van der Waals surface area contributed by atoms with Crippen LogP contribution >= 0.6 is 11.6 Å². The summed E-state index contributed by atoms with van der Waals surface area (Å²) in [7, 11) is 1.85. The van der Waals surface area contributed by atoms with Crippen LogP contribution in [0, 0.1) is 0 Å². The van der Waals surface area contributed by atoms with Gasteiger partial charge >= 0.3 is 6.01 Å². The van der Waals surface area contributed by atoms with Crippen molar-refractivity contribution >= 4 is 11.6 Å². The van der Waals surface area contributed by atoms with Crippen LogP contribution < -0.4 is 4.74 Å². The van der Waals surface area contributed by atoms with E-state index in [9.17, 15) is 0 Å². The third-order valence-electron chi connectivity index (χ3n) is 4.02. The van der Waals surface area contributed by atoms with Gasteiger partial charge in [-0.05, 0) is 37.3 Å². The molecule has 0 aliphatic rings. The molecule has 0 aliphatic heterocycles. The number of rotatable bonds is 5. The summed E-state index contributed by atoms with van der Waals surface area (Å²) in [5, 5.41) is 17.7. The maximum atomic E-state index is 6.03. The molecule has 0 saturated heterocycles. The molecule has 0 aliphatic carbocycles. The fraction of sp³-hybridized carbons (Fsp3) is 0.167. The van der Waals surface area contributed by atoms with Crippen molar-refractivity contribution in [1.29, 1.82) is 0 Å². The van der Waals surface area contributed by atoms with Crippen molar-refractivity contribution in [2.24, 2.45) is 7.05 Å². The van der Waals surface area contributed by atoms with E-state index >= 15 is 0 Å². The summed E-state index contributed by atoms with van der Waals surface area (Å²) in [6.45, 7) is 1.88. The minimum absolute atomic E-state index is 0.355. The highest BCUT2D eigenvalue weighted by Gasteiger charge is 2.18. The Hall–Kier alpha value is -3.26. The van der Waals surface area contributed by atoms with Crippen LogP contribution in [0.3, 0.4) is 0 Å². The average molecular weight is 382 g/mol. The van der Waals surface area contributed by atoms with Crippen LogP contribution in [0.5, 0.6) is 6.01 Å². The number of pyridine rings is 1. The molecule has 0 N–H and O–H groups in total. The molecule has 136 valence electrons. The fourth-order valence-corrected chi connectivity index (χ4v) is 2.76. The van der Waals surface area contributed by atoms with Gasteiger partial charge in [-0.25, -0.2) is 0 Å². The number of hydrogen-bond acceptors (Lipinski definition) is 6. The minimum atomic E-state index is -0.355. The summed E-state index contributed by atoms with van der Waals surface area (Å²) in [4.78, 5) is 5.53. The lowest BCUT2D eigenvalue weighted by Crippen LogP contribution is -2.08. The number of aromatic nitrogens is 7. The molecule has 27 heavy (non-hydrogen) atoms. The Morgan fingerprint density at radius 3 is 2.70 bits per heavy atom. The summed E-state index contributed by atoms with van der Waals surface area (Å²) in [5.74, 6) is 0.696. The van der Waals surface area contributed by atoms with E-state index in [-0.39, 0.29) is 6.10 Å². The van der Waals surface area contributed by atoms with Crippen LogP contribution in [0.4, 0.5) is 0 Å². The second-order valence-electron chi connectivity index (χ2n) is 5.90. The summed E-state index contributed by atoms with van der Waals surface area (Å²) in [6, 6.07) is 11.5. The second kappa shape index (κ2) is 7.16. The lowest BCUT2D eigenvalue weighted by molar-refractivity contribution is 0.195. The number of hydrogen-bond donors (Lipinski definition) is 0. The van der Waals surface area contributed by atoms with Gasteiger partial charge in [-0.15, -0.1) is 10.2 Å². The summed E-state index contributed by atoms with van der Waals surface area (Å²) in [6.07, 6.45) is 4.72. The summed E-state index contributed by atoms with van der Waals surface area (Å²) in [5.41, 5.74) is 2.36. The molecule has 3 heterocycles. The number of benzene rings is 1. The SMILES string of the molecule is C[C@@H](Oc1nnc(-c2ccncc2)n1C)c1cnn(-c2cccc(Cl)c2)n1. The topological polar surface area (TPSA) is 83.5 Å². The van der Waals surface area contributed by atoms with Crippen molar-refractivity contribution < 1.29 is 4.74 Å². The molecule has 3 aromatic heterocycles. The van der Waals surface area contributed by atoms with Crippen LogP contribution in [0.2, 0.25) is 5.02 Å². The maximum Gasteiger partial charge on any atom is 0.317 e. The van der Waals surface area contributed by atoms with Crippen molar-refractivity contribution in [3.8, 4) is 23.1 Å². The van der Waals surface area contributed by atoms with E-state index in [4.69, 9.17) is 16.3 Å². The lowest BCUT2D eigenvalue weighted by Gasteiger charge is -2.11. The Morgan fingerprint density at radius 1 is 1.11 bits per heavy atom. The third kappa shape index (κ3) is 3.52. The van der Waals surface area contributed by atoms with Gasteiger partial charge in [-0.3, -0.25) is 9.55 Å². The standard InChI is InChI=1S/C18H16ClN7O/c1-12(16-11-21-26(24-16)15-5-3-4-14(19)10-15)27-18-23-22-17(25(18)2)13-6-8-20-9-7-13/h3-12H,1-2H3/t12-/m1/s1. The lowest BCUT2D eigenvalue weighted by atomic mass is 10.2. The molecular weight excluding hydrogens is 366 g/mol. The van der Waals surface area contributed by atoms with Crippen molar-refractivity contribution in [3.05, 3.63) is 65.7 Å². The van der Waals surface area contributed by atoms with E-state index < -0.39 is 0 Å². The van der Waals surface area contributed by atoms with Crippen LogP contribution in [0.1, 0.15) is 18.7 Å². The molecule has 1 atom stereocenters. The highest BCUT2D eigenvalue weighted by atomic mass is 35.5. The van der Waals surface area contributed by atoms with Crippen molar-refractivity contribution in [2.75, 3.05) is 0 Å². The first-order valence-corrected chi connectivity index (χ1v) is 8.64. The quantitative estimate of drug-likeness (QED) is 0.527. The van der Waals surface area contributed by atoms with Gasteiger partial charge < -0.3 is 4.74 Å². The number of nitrogens with zero attached hydrogens (tertiary/aromatic N) is 7. The van der Waals surface area contributed by atoms with Crippen LogP contribution in [-0.2, 0) is 7.05 Å². The zero-order valence-corrected chi connectivity index (χ0v) is 15.4. The van der Waals surface area contributed by atoms with Gasteiger partial charge in [0, 0.05) is 30.0 Å². The Kier molecular flexibility index (Phi) is 4.55. The van der Waals surface area contributed by atoms with Crippen molar-refractivity contribution in [2.45, 2.75) is 13.0 Å². The minimum Gasteiger partial charge on any atom is -0.454 e. The average Bonchev–Trinajstić information content (AvgIpc) is 3.31. The molecule has 0 radical (unpaired) electrons. The van der Waals surface area contributed by atoms with E-state index in [0.717, 1.165) is 11.3 Å². The molecule has 4 rings (SSSR count). The van der Waals surface area contributed by atoms with Crippen molar-refractivity contribution in [1.82, 2.24) is 34.7 Å². The highest BCUT2D eigenvalue weighted by Crippen LogP contribution is 2.23. The van der Waals surface area contributed by atoms with E-state index in [2.05, 4.69) is 25.4 Å². The molecule has 4 aromatic rings. The largest absolute Gasteiger partial charge is 0.454 e. The Labute approximate surface area is 160 Å². The van der Waals surface area contributed by atoms with Gasteiger partial charge in [-0.2, -0.15) is 9.90 Å². The summed E-state index contributed by atoms with van der Waals surface area (Å²) < 4.78 is 7.72. The van der Waals surface area contributed by atoms with Gasteiger partial charge in [-0.1, -0.05) is 22.8 Å². The van der Waals surface area contributed by atoms with Gasteiger partial charge in [0.2, 0.25) is 0 Å². The third-order valence-corrected chi connectivity index (χ3v) is 4.26. The molecule has 0 bridgehead atoms. The van der Waals surface area contributed by atoms with Crippen LogP contribution in [-0.4, -0.2) is 34.7 Å². The first-order valence-electron chi connectivity index (χ1n) is 8.26. The van der Waals surface area contributed by atoms with E-state index in [0.29, 0.717) is 22.6 Å². The molecule has 0 spiro atoms. The molecule has 1 aromatic carbocycles. The molecule has 0 fully saturated rings. The van der Waals surface area contributed by atoms with Crippen molar-refractivity contribution in [3.63, 3.8) is 0 Å². The van der Waals surface area contributed by atoms with Gasteiger partial charge in [0.1, 0.15) is 11.8 Å². The predicted octanol–water partition coefficient (Wildman–Crippen LogP) is 3.25. The molecular formula is C18H16ClN7O. The zero-order chi connectivity index (χ0) is 18.8. The second-order valence-corrected chi connectivity index (χ2v) is 6.34. The molecule has 0 amide bonds. The van der Waals surface area contributed by atoms with E-state index in [1.54, 1.807) is 35.3 Å². The Bertz CT molecular complexity index is 1060. The van der Waals surface area contributed by atoms with E-state index in [1.165, 1.54) is 4.80 Å². The number of ether oxygens (including phenoxy) is 1. The normalized spacial score (nSPS) is 12.1. The fourth-order valence-electron chi connectivity index (χ4n) is 2.57. The van der Waals surface area contributed by atoms with E-state index in [1.807, 2.05) is 38.2 Å². The predicted molar refractivity (Wildman–Crippen MR) is 99.6 cm³/mol. The highest BCUT2D eigenvalue weighted by molar-refractivity contribution is 6.30. The Morgan fingerprint density at radius 2 is 1.93 bits per heavy atom. The summed E-state index contributed by atoms with van der Waals surface area (Å²) >= 11 is 6.03. The zero-order valence-electron chi connectivity index (χ0n) is 14.7. The smallest absolute Gasteiger partial charge is 0.317 e. The van der Waals surface area contributed by atoms with Crippen LogP contribution in [0.25, 0.3) is 17.1 Å². The maximum absolute atomic E-state index is 6.03.